The topological polar surface area (TPSA) is 46.9 Å². The molecule has 1 N–H and O–H groups in total. The molecule has 4 nitrogen and oxygen atoms in total. The molecule has 2 aromatic heterocycles. The van der Waals surface area contributed by atoms with E-state index in [0.29, 0.717) is 5.39 Å². The van der Waals surface area contributed by atoms with E-state index in [1.54, 1.807) is 13.0 Å². The van der Waals surface area contributed by atoms with Crippen LogP contribution in [0.2, 0.25) is 0 Å². The van der Waals surface area contributed by atoms with Gasteiger partial charge >= 0.3 is 6.18 Å². The summed E-state index contributed by atoms with van der Waals surface area (Å²) in [4.78, 5) is 16.2. The summed E-state index contributed by atoms with van der Waals surface area (Å²) in [6, 6.07) is 8.84. The van der Waals surface area contributed by atoms with E-state index in [1.165, 1.54) is 30.5 Å². The van der Waals surface area contributed by atoms with Gasteiger partial charge in [0.05, 0.1) is 5.56 Å². The summed E-state index contributed by atoms with van der Waals surface area (Å²) < 4.78 is 54.7. The predicted octanol–water partition coefficient (Wildman–Crippen LogP) is 4.01. The van der Waals surface area contributed by atoms with Crippen molar-refractivity contribution < 1.29 is 22.4 Å². The lowest BCUT2D eigenvalue weighted by Gasteiger charge is -2.18. The van der Waals surface area contributed by atoms with Crippen LogP contribution in [0.15, 0.2) is 48.7 Å². The first-order valence-corrected chi connectivity index (χ1v) is 7.84. The minimum Gasteiger partial charge on any atom is -0.348 e. The highest BCUT2D eigenvalue weighted by Gasteiger charge is 2.36. The molecule has 1 atom stereocenters. The van der Waals surface area contributed by atoms with Gasteiger partial charge in [-0.3, -0.25) is 4.79 Å². The Balaban J connectivity index is 1.86. The van der Waals surface area contributed by atoms with Gasteiger partial charge < -0.3 is 9.88 Å². The average molecular weight is 365 g/mol. The number of pyridine rings is 1. The summed E-state index contributed by atoms with van der Waals surface area (Å²) >= 11 is 0. The maximum absolute atomic E-state index is 13.7. The fraction of sp³-hybridized carbons (Fsp3) is 0.222. The second kappa shape index (κ2) is 6.78. The maximum atomic E-state index is 13.7. The van der Waals surface area contributed by atoms with Crippen molar-refractivity contribution in [3.63, 3.8) is 0 Å². The Morgan fingerprint density at radius 2 is 1.96 bits per heavy atom. The van der Waals surface area contributed by atoms with Crippen molar-refractivity contribution in [3.8, 4) is 0 Å². The third-order valence-corrected chi connectivity index (χ3v) is 3.90. The molecule has 2 heterocycles. The molecule has 1 aromatic carbocycles. The molecule has 1 amide bonds. The first kappa shape index (κ1) is 17.9. The van der Waals surface area contributed by atoms with Gasteiger partial charge in [0.25, 0.3) is 5.91 Å². The molecule has 0 aliphatic carbocycles. The predicted molar refractivity (Wildman–Crippen MR) is 88.1 cm³/mol. The highest BCUT2D eigenvalue weighted by atomic mass is 19.4. The van der Waals surface area contributed by atoms with Crippen LogP contribution in [0.1, 0.15) is 23.0 Å². The van der Waals surface area contributed by atoms with Crippen LogP contribution in [-0.4, -0.2) is 21.5 Å². The van der Waals surface area contributed by atoms with E-state index in [0.717, 1.165) is 16.7 Å². The molecule has 0 saturated heterocycles. The van der Waals surface area contributed by atoms with Crippen LogP contribution in [0.3, 0.4) is 0 Å². The second-order valence-electron chi connectivity index (χ2n) is 5.91. The van der Waals surface area contributed by atoms with Gasteiger partial charge in [-0.05, 0) is 37.3 Å². The van der Waals surface area contributed by atoms with Gasteiger partial charge in [-0.25, -0.2) is 9.37 Å². The molecule has 26 heavy (non-hydrogen) atoms. The Morgan fingerprint density at radius 3 is 2.65 bits per heavy atom. The lowest BCUT2D eigenvalue weighted by atomic mass is 10.2. The molecule has 3 rings (SSSR count). The fourth-order valence-electron chi connectivity index (χ4n) is 2.77. The van der Waals surface area contributed by atoms with Crippen molar-refractivity contribution in [2.75, 3.05) is 0 Å². The number of hydrogen-bond acceptors (Lipinski definition) is 2. The van der Waals surface area contributed by atoms with E-state index in [1.807, 2.05) is 0 Å². The number of aromatic nitrogens is 2. The van der Waals surface area contributed by atoms with Crippen molar-refractivity contribution in [1.29, 1.82) is 0 Å². The van der Waals surface area contributed by atoms with Crippen LogP contribution in [-0.2, 0) is 12.7 Å². The number of halogens is 4. The zero-order chi connectivity index (χ0) is 18.9. The summed E-state index contributed by atoms with van der Waals surface area (Å²) in [6.07, 6.45) is -3.16. The number of amides is 1. The van der Waals surface area contributed by atoms with Gasteiger partial charge in [0.1, 0.15) is 17.2 Å². The summed E-state index contributed by atoms with van der Waals surface area (Å²) in [7, 11) is 0. The van der Waals surface area contributed by atoms with E-state index >= 15 is 0 Å². The van der Waals surface area contributed by atoms with Gasteiger partial charge in [-0.1, -0.05) is 12.1 Å². The number of carbonyl (C=O) groups is 1. The van der Waals surface area contributed by atoms with Crippen molar-refractivity contribution in [3.05, 3.63) is 65.7 Å². The molecular weight excluding hydrogens is 350 g/mol. The number of rotatable bonds is 4. The van der Waals surface area contributed by atoms with Crippen molar-refractivity contribution in [1.82, 2.24) is 14.9 Å². The number of nitrogens with zero attached hydrogens (tertiary/aromatic N) is 2. The first-order chi connectivity index (χ1) is 12.3. The van der Waals surface area contributed by atoms with Crippen molar-refractivity contribution in [2.24, 2.45) is 0 Å². The normalized spacial score (nSPS) is 13.0. The SMILES string of the molecule is C[C@@H](Cn1c(C(F)(F)F)cc2cccnc21)NC(=O)c1ccccc1F. The molecule has 0 spiro atoms. The van der Waals surface area contributed by atoms with Crippen LogP contribution in [0.4, 0.5) is 17.6 Å². The standard InChI is InChI=1S/C18H15F4N3O/c1-11(24-17(26)13-6-2-3-7-14(13)19)10-25-15(18(20,21)22)9-12-5-4-8-23-16(12)25/h2-9,11H,10H2,1H3,(H,24,26)/t11-/m0/s1. The van der Waals surface area contributed by atoms with E-state index in [2.05, 4.69) is 10.3 Å². The Labute approximate surface area is 146 Å². The van der Waals surface area contributed by atoms with Crippen LogP contribution in [0.5, 0.6) is 0 Å². The molecule has 0 unspecified atom stereocenters. The fourth-order valence-corrected chi connectivity index (χ4v) is 2.77. The molecule has 8 heteroatoms. The second-order valence-corrected chi connectivity index (χ2v) is 5.91. The minimum atomic E-state index is -4.56. The number of fused-ring (bicyclic) bond motifs is 1. The van der Waals surface area contributed by atoms with Crippen molar-refractivity contribution in [2.45, 2.75) is 25.7 Å². The van der Waals surface area contributed by atoms with Crippen LogP contribution < -0.4 is 5.32 Å². The highest BCUT2D eigenvalue weighted by molar-refractivity contribution is 5.94. The van der Waals surface area contributed by atoms with Gasteiger partial charge in [0.2, 0.25) is 0 Å². The average Bonchev–Trinajstić information content (AvgIpc) is 2.94. The molecule has 0 aliphatic rings. The van der Waals surface area contributed by atoms with Gasteiger partial charge in [0, 0.05) is 24.2 Å². The maximum Gasteiger partial charge on any atom is 0.431 e. The van der Waals surface area contributed by atoms with Crippen LogP contribution in [0.25, 0.3) is 11.0 Å². The Bertz CT molecular complexity index is 949. The summed E-state index contributed by atoms with van der Waals surface area (Å²) in [5, 5.41) is 2.88. The van der Waals surface area contributed by atoms with E-state index in [9.17, 15) is 22.4 Å². The Hall–Kier alpha value is -2.90. The molecule has 0 aliphatic heterocycles. The number of benzene rings is 1. The highest BCUT2D eigenvalue weighted by Crippen LogP contribution is 2.33. The zero-order valence-corrected chi connectivity index (χ0v) is 13.7. The van der Waals surface area contributed by atoms with E-state index in [-0.39, 0.29) is 17.8 Å². The van der Waals surface area contributed by atoms with Crippen LogP contribution >= 0.6 is 0 Å². The Morgan fingerprint density at radius 1 is 1.23 bits per heavy atom. The third-order valence-electron chi connectivity index (χ3n) is 3.90. The van der Waals surface area contributed by atoms with Gasteiger partial charge in [-0.2, -0.15) is 13.2 Å². The monoisotopic (exact) mass is 365 g/mol. The van der Waals surface area contributed by atoms with E-state index in [4.69, 9.17) is 0 Å². The van der Waals surface area contributed by atoms with E-state index < -0.39 is 29.6 Å². The lowest BCUT2D eigenvalue weighted by Crippen LogP contribution is -2.36. The number of nitrogens with one attached hydrogen (secondary N) is 1. The third kappa shape index (κ3) is 3.54. The molecule has 0 fully saturated rings. The lowest BCUT2D eigenvalue weighted by molar-refractivity contribution is -0.143. The molecule has 0 bridgehead atoms. The molecule has 136 valence electrons. The number of carbonyl (C=O) groups excluding carboxylic acids is 1. The Kier molecular flexibility index (Phi) is 4.67. The molecular formula is C18H15F4N3O. The summed E-state index contributed by atoms with van der Waals surface area (Å²) in [5.41, 5.74) is -0.837. The van der Waals surface area contributed by atoms with Gasteiger partial charge in [0.15, 0.2) is 0 Å². The summed E-state index contributed by atoms with van der Waals surface area (Å²) in [6.45, 7) is 1.39. The minimum absolute atomic E-state index is 0.157. The van der Waals surface area contributed by atoms with Crippen LogP contribution in [0, 0.1) is 5.82 Å². The number of alkyl halides is 3. The summed E-state index contributed by atoms with van der Waals surface area (Å²) in [5.74, 6) is -1.38. The molecule has 3 aromatic rings. The zero-order valence-electron chi connectivity index (χ0n) is 13.7. The molecule has 0 saturated carbocycles. The number of hydrogen-bond donors (Lipinski definition) is 1. The molecule has 0 radical (unpaired) electrons. The first-order valence-electron chi connectivity index (χ1n) is 7.84. The smallest absolute Gasteiger partial charge is 0.348 e. The largest absolute Gasteiger partial charge is 0.431 e. The quantitative estimate of drug-likeness (QED) is 0.710. The van der Waals surface area contributed by atoms with Crippen molar-refractivity contribution >= 4 is 16.9 Å². The van der Waals surface area contributed by atoms with Gasteiger partial charge in [-0.15, -0.1) is 0 Å².